The first-order valence-corrected chi connectivity index (χ1v) is 5.21. The van der Waals surface area contributed by atoms with Gasteiger partial charge < -0.3 is 10.2 Å². The second-order valence-electron chi connectivity index (χ2n) is 3.89. The molecule has 2 aromatic carbocycles. The Kier molecular flexibility index (Phi) is 2.83. The van der Waals surface area contributed by atoms with E-state index in [1.807, 2.05) is 12.1 Å². The maximum Gasteiger partial charge on any atom is 0.335 e. The number of hydrogen-bond acceptors (Lipinski definition) is 2. The van der Waals surface area contributed by atoms with Gasteiger partial charge in [0.25, 0.3) is 0 Å². The monoisotopic (exact) mass is 228 g/mol. The average molecular weight is 228 g/mol. The molecule has 17 heavy (non-hydrogen) atoms. The Morgan fingerprint density at radius 3 is 2.41 bits per heavy atom. The van der Waals surface area contributed by atoms with Crippen LogP contribution in [0, 0.1) is 6.92 Å². The van der Waals surface area contributed by atoms with Crippen LogP contribution in [0.5, 0.6) is 5.75 Å². The zero-order valence-electron chi connectivity index (χ0n) is 9.34. The third kappa shape index (κ3) is 2.28. The van der Waals surface area contributed by atoms with Crippen molar-refractivity contribution in [3.8, 4) is 16.9 Å². The second-order valence-corrected chi connectivity index (χ2v) is 3.89. The molecule has 3 nitrogen and oxygen atoms in total. The molecule has 0 atom stereocenters. The maximum atomic E-state index is 10.9. The maximum absolute atomic E-state index is 10.9. The van der Waals surface area contributed by atoms with Crippen LogP contribution in [0.1, 0.15) is 15.9 Å². The van der Waals surface area contributed by atoms with Crippen LogP contribution in [-0.4, -0.2) is 16.2 Å². The minimum Gasteiger partial charge on any atom is -0.508 e. The summed E-state index contributed by atoms with van der Waals surface area (Å²) < 4.78 is 0. The Bertz CT molecular complexity index is 573. The van der Waals surface area contributed by atoms with Crippen LogP contribution in [0.2, 0.25) is 0 Å². The number of carboxylic acid groups (broad SMARTS) is 1. The van der Waals surface area contributed by atoms with Gasteiger partial charge in [-0.05, 0) is 47.9 Å². The molecule has 86 valence electrons. The van der Waals surface area contributed by atoms with Gasteiger partial charge in [0.1, 0.15) is 5.75 Å². The van der Waals surface area contributed by atoms with Crippen LogP contribution < -0.4 is 0 Å². The molecule has 0 aliphatic heterocycles. The minimum atomic E-state index is -0.942. The van der Waals surface area contributed by atoms with Gasteiger partial charge in [-0.15, -0.1) is 0 Å². The number of hydrogen-bond donors (Lipinski definition) is 2. The summed E-state index contributed by atoms with van der Waals surface area (Å²) in [5.74, 6) is -0.703. The van der Waals surface area contributed by atoms with Crippen molar-refractivity contribution in [1.29, 1.82) is 0 Å². The number of aromatic hydroxyl groups is 1. The average Bonchev–Trinajstić information content (AvgIpc) is 2.33. The summed E-state index contributed by atoms with van der Waals surface area (Å²) in [4.78, 5) is 10.9. The minimum absolute atomic E-state index is 0.239. The first kappa shape index (κ1) is 11.2. The standard InChI is InChI=1S/C14H12O3/c1-9-7-11(5-6-13(9)15)10-3-2-4-12(8-10)14(16)17/h2-8,15H,1H3,(H,16,17). The van der Waals surface area contributed by atoms with Crippen LogP contribution in [0.15, 0.2) is 42.5 Å². The molecule has 0 amide bonds. The van der Waals surface area contributed by atoms with Crippen molar-refractivity contribution in [3.05, 3.63) is 53.6 Å². The van der Waals surface area contributed by atoms with E-state index >= 15 is 0 Å². The molecule has 0 radical (unpaired) electrons. The Morgan fingerprint density at radius 1 is 1.06 bits per heavy atom. The number of aryl methyl sites for hydroxylation is 1. The summed E-state index contributed by atoms with van der Waals surface area (Å²) in [5, 5.41) is 18.4. The van der Waals surface area contributed by atoms with Gasteiger partial charge in [-0.3, -0.25) is 0 Å². The van der Waals surface area contributed by atoms with Crippen LogP contribution in [0.4, 0.5) is 0 Å². The fourth-order valence-corrected chi connectivity index (χ4v) is 1.67. The lowest BCUT2D eigenvalue weighted by molar-refractivity contribution is 0.0697. The molecule has 0 aromatic heterocycles. The Balaban J connectivity index is 2.49. The molecule has 2 aromatic rings. The lowest BCUT2D eigenvalue weighted by Gasteiger charge is -2.05. The van der Waals surface area contributed by atoms with Crippen molar-refractivity contribution in [1.82, 2.24) is 0 Å². The third-order valence-electron chi connectivity index (χ3n) is 2.64. The molecule has 0 unspecified atom stereocenters. The number of phenolic OH excluding ortho intramolecular Hbond substituents is 1. The van der Waals surface area contributed by atoms with Gasteiger partial charge in [0.2, 0.25) is 0 Å². The molecule has 0 spiro atoms. The van der Waals surface area contributed by atoms with Crippen molar-refractivity contribution in [2.24, 2.45) is 0 Å². The van der Waals surface area contributed by atoms with Gasteiger partial charge in [0, 0.05) is 0 Å². The Labute approximate surface area is 99.0 Å². The highest BCUT2D eigenvalue weighted by atomic mass is 16.4. The predicted octanol–water partition coefficient (Wildman–Crippen LogP) is 3.07. The van der Waals surface area contributed by atoms with Crippen molar-refractivity contribution in [3.63, 3.8) is 0 Å². The highest BCUT2D eigenvalue weighted by Crippen LogP contribution is 2.25. The summed E-state index contributed by atoms with van der Waals surface area (Å²) in [6, 6.07) is 11.9. The van der Waals surface area contributed by atoms with E-state index in [9.17, 15) is 9.90 Å². The topological polar surface area (TPSA) is 57.5 Å². The van der Waals surface area contributed by atoms with Crippen LogP contribution in [0.3, 0.4) is 0 Å². The van der Waals surface area contributed by atoms with E-state index < -0.39 is 5.97 Å². The number of rotatable bonds is 2. The fraction of sp³-hybridized carbons (Fsp3) is 0.0714. The van der Waals surface area contributed by atoms with E-state index in [2.05, 4.69) is 0 Å². The highest BCUT2D eigenvalue weighted by Gasteiger charge is 2.05. The zero-order chi connectivity index (χ0) is 12.4. The molecule has 0 saturated heterocycles. The van der Waals surface area contributed by atoms with Crippen molar-refractivity contribution in [2.45, 2.75) is 6.92 Å². The highest BCUT2D eigenvalue weighted by molar-refractivity contribution is 5.89. The normalized spacial score (nSPS) is 10.2. The van der Waals surface area contributed by atoms with Crippen molar-refractivity contribution < 1.29 is 15.0 Å². The molecule has 0 aliphatic carbocycles. The summed E-state index contributed by atoms with van der Waals surface area (Å²) in [5.41, 5.74) is 2.74. The third-order valence-corrected chi connectivity index (χ3v) is 2.64. The summed E-state index contributed by atoms with van der Waals surface area (Å²) in [6.45, 7) is 1.81. The molecular weight excluding hydrogens is 216 g/mol. The fourth-order valence-electron chi connectivity index (χ4n) is 1.67. The van der Waals surface area contributed by atoms with E-state index in [0.717, 1.165) is 16.7 Å². The van der Waals surface area contributed by atoms with Gasteiger partial charge in [-0.2, -0.15) is 0 Å². The van der Waals surface area contributed by atoms with Gasteiger partial charge in [0.05, 0.1) is 5.56 Å². The summed E-state index contributed by atoms with van der Waals surface area (Å²) >= 11 is 0. The lowest BCUT2D eigenvalue weighted by atomic mass is 10.0. The Morgan fingerprint density at radius 2 is 1.76 bits per heavy atom. The molecule has 0 aliphatic rings. The molecule has 0 saturated carbocycles. The predicted molar refractivity (Wildman–Crippen MR) is 65.2 cm³/mol. The SMILES string of the molecule is Cc1cc(-c2cccc(C(=O)O)c2)ccc1O. The molecule has 3 heteroatoms. The molecule has 0 fully saturated rings. The van der Waals surface area contributed by atoms with Gasteiger partial charge in [-0.1, -0.05) is 18.2 Å². The Hall–Kier alpha value is -2.29. The van der Waals surface area contributed by atoms with E-state index in [1.165, 1.54) is 0 Å². The summed E-state index contributed by atoms with van der Waals surface area (Å²) in [6.07, 6.45) is 0. The second kappa shape index (κ2) is 4.29. The number of phenols is 1. The van der Waals surface area contributed by atoms with E-state index in [4.69, 9.17) is 5.11 Å². The number of carboxylic acids is 1. The first-order valence-electron chi connectivity index (χ1n) is 5.21. The quantitative estimate of drug-likeness (QED) is 0.830. The van der Waals surface area contributed by atoms with E-state index in [0.29, 0.717) is 0 Å². The molecular formula is C14H12O3. The van der Waals surface area contributed by atoms with E-state index in [1.54, 1.807) is 37.3 Å². The zero-order valence-corrected chi connectivity index (χ0v) is 9.34. The van der Waals surface area contributed by atoms with E-state index in [-0.39, 0.29) is 11.3 Å². The number of benzene rings is 2. The van der Waals surface area contributed by atoms with Gasteiger partial charge in [0.15, 0.2) is 0 Å². The smallest absolute Gasteiger partial charge is 0.335 e. The van der Waals surface area contributed by atoms with Crippen molar-refractivity contribution >= 4 is 5.97 Å². The lowest BCUT2D eigenvalue weighted by Crippen LogP contribution is -1.95. The largest absolute Gasteiger partial charge is 0.508 e. The van der Waals surface area contributed by atoms with Crippen LogP contribution in [-0.2, 0) is 0 Å². The summed E-state index contributed by atoms with van der Waals surface area (Å²) in [7, 11) is 0. The molecule has 2 rings (SSSR count). The van der Waals surface area contributed by atoms with Gasteiger partial charge >= 0.3 is 5.97 Å². The van der Waals surface area contributed by atoms with Crippen LogP contribution in [0.25, 0.3) is 11.1 Å². The molecule has 2 N–H and O–H groups in total. The molecule has 0 bridgehead atoms. The van der Waals surface area contributed by atoms with Gasteiger partial charge in [-0.25, -0.2) is 4.79 Å². The van der Waals surface area contributed by atoms with Crippen molar-refractivity contribution in [2.75, 3.05) is 0 Å². The first-order chi connectivity index (χ1) is 8.08. The number of carbonyl (C=O) groups is 1. The van der Waals surface area contributed by atoms with Crippen LogP contribution >= 0.6 is 0 Å². The number of aromatic carboxylic acids is 1. The molecule has 0 heterocycles.